The number of fused-ring (bicyclic) bond motifs is 2. The van der Waals surface area contributed by atoms with E-state index in [1.54, 1.807) is 18.2 Å². The highest BCUT2D eigenvalue weighted by molar-refractivity contribution is 7.89. The maximum Gasteiger partial charge on any atom is 0.261 e. The molecule has 0 fully saturated rings. The van der Waals surface area contributed by atoms with Crippen LogP contribution in [0.2, 0.25) is 0 Å². The first-order chi connectivity index (χ1) is 14.4. The van der Waals surface area contributed by atoms with Crippen molar-refractivity contribution in [1.82, 2.24) is 9.29 Å². The van der Waals surface area contributed by atoms with Gasteiger partial charge in [-0.15, -0.1) is 0 Å². The van der Waals surface area contributed by atoms with Crippen LogP contribution in [-0.2, 0) is 20.1 Å². The maximum atomic E-state index is 12.8. The van der Waals surface area contributed by atoms with Gasteiger partial charge in [0.05, 0.1) is 34.5 Å². The molecule has 3 rings (SSSR count). The minimum absolute atomic E-state index is 0.225. The summed E-state index contributed by atoms with van der Waals surface area (Å²) >= 11 is 0. The molecule has 0 atom stereocenters. The van der Waals surface area contributed by atoms with Gasteiger partial charge in [-0.3, -0.25) is 4.55 Å². The smallest absolute Gasteiger partial charge is 0.261 e. The van der Waals surface area contributed by atoms with Gasteiger partial charge in [-0.2, -0.15) is 12.7 Å². The van der Waals surface area contributed by atoms with Crippen molar-refractivity contribution in [2.45, 2.75) is 25.7 Å². The van der Waals surface area contributed by atoms with Gasteiger partial charge in [-0.05, 0) is 43.3 Å². The van der Waals surface area contributed by atoms with Crippen molar-refractivity contribution in [1.29, 1.82) is 0 Å². The fourth-order valence-corrected chi connectivity index (χ4v) is 4.55. The lowest BCUT2D eigenvalue weighted by Gasteiger charge is -2.19. The molecule has 31 heavy (non-hydrogen) atoms. The Hall–Kier alpha value is -2.47. The van der Waals surface area contributed by atoms with E-state index in [2.05, 4.69) is 4.98 Å². The SMILES string of the molecule is CCOc1ccc2nc3ccc(S(=O)(=O)N(CC)CC)cc3c(N)c2c1.CS(=O)(=O)O. The van der Waals surface area contributed by atoms with Crippen LogP contribution in [0.15, 0.2) is 41.3 Å². The number of pyridine rings is 1. The molecular weight excluding hydrogens is 442 g/mol. The average Bonchev–Trinajstić information content (AvgIpc) is 2.68. The van der Waals surface area contributed by atoms with Gasteiger partial charge in [0.2, 0.25) is 10.0 Å². The van der Waals surface area contributed by atoms with Crippen molar-refractivity contribution in [2.75, 3.05) is 31.7 Å². The second kappa shape index (κ2) is 9.77. The van der Waals surface area contributed by atoms with Crippen molar-refractivity contribution in [2.24, 2.45) is 0 Å². The highest BCUT2D eigenvalue weighted by atomic mass is 32.2. The summed E-state index contributed by atoms with van der Waals surface area (Å²) in [6.07, 6.45) is 0.715. The predicted octanol–water partition coefficient (Wildman–Crippen LogP) is 2.90. The second-order valence-electron chi connectivity index (χ2n) is 6.64. The summed E-state index contributed by atoms with van der Waals surface area (Å²) in [5.41, 5.74) is 8.28. The highest BCUT2D eigenvalue weighted by Crippen LogP contribution is 2.32. The molecule has 0 saturated heterocycles. The number of anilines is 1. The standard InChI is InChI=1S/C19H23N3O3S.CH4O3S/c1-4-22(5-2)26(23,24)14-8-10-18-16(12-14)19(20)15-11-13(25-6-3)7-9-17(15)21-18;1-5(2,3)4/h7-12H,4-6H2,1-3H3,(H2,20,21);1H3,(H,2,3,4). The third-order valence-electron chi connectivity index (χ3n) is 4.41. The summed E-state index contributed by atoms with van der Waals surface area (Å²) < 4.78 is 58.4. The van der Waals surface area contributed by atoms with Gasteiger partial charge >= 0.3 is 0 Å². The molecule has 1 aromatic heterocycles. The number of aromatic nitrogens is 1. The van der Waals surface area contributed by atoms with E-state index in [4.69, 9.17) is 15.0 Å². The third kappa shape index (κ3) is 6.03. The van der Waals surface area contributed by atoms with Gasteiger partial charge in [0.1, 0.15) is 5.75 Å². The highest BCUT2D eigenvalue weighted by Gasteiger charge is 2.22. The van der Waals surface area contributed by atoms with Crippen molar-refractivity contribution in [3.8, 4) is 5.75 Å². The first kappa shape index (κ1) is 24.8. The van der Waals surface area contributed by atoms with Crippen LogP contribution < -0.4 is 10.5 Å². The molecule has 0 aliphatic rings. The molecule has 3 aromatic rings. The Labute approximate surface area is 182 Å². The molecule has 0 radical (unpaired) electrons. The second-order valence-corrected chi connectivity index (χ2v) is 10.0. The lowest BCUT2D eigenvalue weighted by molar-refractivity contribution is 0.340. The predicted molar refractivity (Wildman–Crippen MR) is 122 cm³/mol. The zero-order valence-electron chi connectivity index (χ0n) is 17.9. The Kier molecular flexibility index (Phi) is 7.82. The zero-order chi connectivity index (χ0) is 23.4. The Morgan fingerprint density at radius 2 is 1.48 bits per heavy atom. The molecule has 0 saturated carbocycles. The summed E-state index contributed by atoms with van der Waals surface area (Å²) in [5.74, 6) is 0.708. The molecule has 3 N–H and O–H groups in total. The Morgan fingerprint density at radius 3 is 2.00 bits per heavy atom. The summed E-state index contributed by atoms with van der Waals surface area (Å²) in [6.45, 7) is 6.94. The van der Waals surface area contributed by atoms with Crippen molar-refractivity contribution < 1.29 is 26.1 Å². The third-order valence-corrected chi connectivity index (χ3v) is 6.46. The van der Waals surface area contributed by atoms with E-state index in [0.717, 1.165) is 10.9 Å². The van der Waals surface area contributed by atoms with Crippen LogP contribution in [0, 0.1) is 0 Å². The Bertz CT molecular complexity index is 1280. The molecule has 2 aromatic carbocycles. The van der Waals surface area contributed by atoms with Crippen LogP contribution in [0.1, 0.15) is 20.8 Å². The molecule has 11 heteroatoms. The number of nitrogens with two attached hydrogens (primary N) is 1. The molecule has 0 aliphatic heterocycles. The van der Waals surface area contributed by atoms with Gasteiger partial charge in [-0.25, -0.2) is 13.4 Å². The molecule has 0 bridgehead atoms. The topological polar surface area (TPSA) is 140 Å². The first-order valence-corrected chi connectivity index (χ1v) is 12.9. The quantitative estimate of drug-likeness (QED) is 0.415. The monoisotopic (exact) mass is 469 g/mol. The van der Waals surface area contributed by atoms with Crippen molar-refractivity contribution in [3.63, 3.8) is 0 Å². The largest absolute Gasteiger partial charge is 0.494 e. The number of rotatable bonds is 6. The summed E-state index contributed by atoms with van der Waals surface area (Å²) in [7, 11) is -7.22. The summed E-state index contributed by atoms with van der Waals surface area (Å²) in [6, 6.07) is 10.4. The molecule has 0 aliphatic carbocycles. The van der Waals surface area contributed by atoms with Crippen LogP contribution in [0.3, 0.4) is 0 Å². The van der Waals surface area contributed by atoms with Gasteiger partial charge in [0, 0.05) is 23.9 Å². The number of ether oxygens (including phenoxy) is 1. The normalized spacial score (nSPS) is 12.1. The summed E-state index contributed by atoms with van der Waals surface area (Å²) in [5, 5.41) is 1.38. The molecular formula is C20H27N3O6S2. The van der Waals surface area contributed by atoms with Crippen LogP contribution >= 0.6 is 0 Å². The zero-order valence-corrected chi connectivity index (χ0v) is 19.5. The fourth-order valence-electron chi connectivity index (χ4n) is 3.06. The number of benzene rings is 2. The number of sulfonamides is 1. The summed E-state index contributed by atoms with van der Waals surface area (Å²) in [4.78, 5) is 4.83. The average molecular weight is 470 g/mol. The molecule has 0 spiro atoms. The Morgan fingerprint density at radius 1 is 0.968 bits per heavy atom. The van der Waals surface area contributed by atoms with Gasteiger partial charge in [-0.1, -0.05) is 13.8 Å². The van der Waals surface area contributed by atoms with Gasteiger partial charge in [0.25, 0.3) is 10.1 Å². The van der Waals surface area contributed by atoms with E-state index >= 15 is 0 Å². The molecule has 0 amide bonds. The van der Waals surface area contributed by atoms with Crippen LogP contribution in [0.5, 0.6) is 5.75 Å². The van der Waals surface area contributed by atoms with Crippen LogP contribution in [0.25, 0.3) is 21.8 Å². The minimum Gasteiger partial charge on any atom is -0.494 e. The molecule has 0 unspecified atom stereocenters. The molecule has 170 valence electrons. The van der Waals surface area contributed by atoms with Gasteiger partial charge in [0.15, 0.2) is 0 Å². The van der Waals surface area contributed by atoms with Gasteiger partial charge < -0.3 is 10.5 Å². The van der Waals surface area contributed by atoms with E-state index in [-0.39, 0.29) is 4.90 Å². The number of nitrogen functional groups attached to an aromatic ring is 1. The first-order valence-electron chi connectivity index (χ1n) is 9.60. The van der Waals surface area contributed by atoms with E-state index in [9.17, 15) is 16.8 Å². The number of nitrogens with zero attached hydrogens (tertiary/aromatic N) is 2. The fraction of sp³-hybridized carbons (Fsp3) is 0.350. The Balaban J connectivity index is 0.000000614. The van der Waals surface area contributed by atoms with Crippen LogP contribution in [0.4, 0.5) is 5.69 Å². The van der Waals surface area contributed by atoms with E-state index in [1.807, 2.05) is 39.0 Å². The number of hydrogen-bond acceptors (Lipinski definition) is 7. The van der Waals surface area contributed by atoms with E-state index in [1.165, 1.54) is 4.31 Å². The maximum absolute atomic E-state index is 12.8. The number of hydrogen-bond donors (Lipinski definition) is 2. The van der Waals surface area contributed by atoms with Crippen molar-refractivity contribution in [3.05, 3.63) is 36.4 Å². The lowest BCUT2D eigenvalue weighted by Crippen LogP contribution is -2.30. The van der Waals surface area contributed by atoms with Crippen LogP contribution in [-0.4, -0.2) is 56.6 Å². The van der Waals surface area contributed by atoms with Crippen molar-refractivity contribution >= 4 is 47.6 Å². The lowest BCUT2D eigenvalue weighted by atomic mass is 10.1. The molecule has 1 heterocycles. The van der Waals surface area contributed by atoms with E-state index < -0.39 is 20.1 Å². The van der Waals surface area contributed by atoms with E-state index in [0.29, 0.717) is 48.3 Å². The minimum atomic E-state index is -3.67. The molecule has 9 nitrogen and oxygen atoms in total.